The fourth-order valence-corrected chi connectivity index (χ4v) is 3.07. The summed E-state index contributed by atoms with van der Waals surface area (Å²) >= 11 is 0. The smallest absolute Gasteiger partial charge is 0.0295 e. The van der Waals surface area contributed by atoms with Gasteiger partial charge >= 0.3 is 0 Å². The molecule has 3 aromatic carbocycles. The van der Waals surface area contributed by atoms with Crippen molar-refractivity contribution in [2.45, 2.75) is 39.0 Å². The zero-order valence-corrected chi connectivity index (χ0v) is 15.7. The Morgan fingerprint density at radius 2 is 1.00 bits per heavy atom. The van der Waals surface area contributed by atoms with Crippen LogP contribution < -0.4 is 10.6 Å². The van der Waals surface area contributed by atoms with E-state index in [-0.39, 0.29) is 0 Å². The standard InChI is InChI=1S/C24H28N2/c1-19(25-17-21-10-5-3-6-11-21)23-14-9-15-24(16-23)20(2)26-18-22-12-7-4-8-13-22/h3-16,19-20,25-26H,17-18H2,1-2H3. The van der Waals surface area contributed by atoms with Gasteiger partial charge in [-0.3, -0.25) is 0 Å². The molecule has 0 radical (unpaired) electrons. The van der Waals surface area contributed by atoms with Gasteiger partial charge in [-0.15, -0.1) is 0 Å². The van der Waals surface area contributed by atoms with Crippen molar-refractivity contribution in [3.8, 4) is 0 Å². The molecule has 2 atom stereocenters. The second kappa shape index (κ2) is 9.33. The highest BCUT2D eigenvalue weighted by molar-refractivity contribution is 5.28. The van der Waals surface area contributed by atoms with E-state index >= 15 is 0 Å². The van der Waals surface area contributed by atoms with Crippen LogP contribution >= 0.6 is 0 Å². The molecule has 0 saturated carbocycles. The van der Waals surface area contributed by atoms with Crippen LogP contribution in [0.4, 0.5) is 0 Å². The number of rotatable bonds is 8. The average Bonchev–Trinajstić information content (AvgIpc) is 2.72. The molecule has 3 aromatic rings. The van der Waals surface area contributed by atoms with E-state index < -0.39 is 0 Å². The molecule has 0 aliphatic rings. The molecule has 0 fully saturated rings. The van der Waals surface area contributed by atoms with Crippen LogP contribution in [0.2, 0.25) is 0 Å². The van der Waals surface area contributed by atoms with Gasteiger partial charge in [0.2, 0.25) is 0 Å². The average molecular weight is 345 g/mol. The van der Waals surface area contributed by atoms with E-state index in [1.807, 2.05) is 0 Å². The van der Waals surface area contributed by atoms with Crippen molar-refractivity contribution in [2.75, 3.05) is 0 Å². The molecule has 3 rings (SSSR count). The molecule has 0 bridgehead atoms. The monoisotopic (exact) mass is 344 g/mol. The fraction of sp³-hybridized carbons (Fsp3) is 0.250. The fourth-order valence-electron chi connectivity index (χ4n) is 3.07. The van der Waals surface area contributed by atoms with Gasteiger partial charge in [0, 0.05) is 25.2 Å². The van der Waals surface area contributed by atoms with Gasteiger partial charge in [-0.05, 0) is 36.1 Å². The summed E-state index contributed by atoms with van der Waals surface area (Å²) in [4.78, 5) is 0. The molecule has 0 aliphatic heterocycles. The number of hydrogen-bond donors (Lipinski definition) is 2. The van der Waals surface area contributed by atoms with Gasteiger partial charge in [0.25, 0.3) is 0 Å². The molecular formula is C24H28N2. The van der Waals surface area contributed by atoms with E-state index in [9.17, 15) is 0 Å². The van der Waals surface area contributed by atoms with Crippen molar-refractivity contribution in [1.82, 2.24) is 10.6 Å². The first-order valence-electron chi connectivity index (χ1n) is 9.37. The maximum absolute atomic E-state index is 3.62. The van der Waals surface area contributed by atoms with Gasteiger partial charge in [0.15, 0.2) is 0 Å². The third-order valence-electron chi connectivity index (χ3n) is 4.82. The largest absolute Gasteiger partial charge is 0.306 e. The zero-order valence-electron chi connectivity index (χ0n) is 15.7. The molecule has 2 N–H and O–H groups in total. The molecule has 134 valence electrons. The molecular weight excluding hydrogens is 316 g/mol. The Kier molecular flexibility index (Phi) is 6.59. The van der Waals surface area contributed by atoms with Crippen LogP contribution in [0.1, 0.15) is 48.2 Å². The molecule has 26 heavy (non-hydrogen) atoms. The summed E-state index contributed by atoms with van der Waals surface area (Å²) < 4.78 is 0. The van der Waals surface area contributed by atoms with Gasteiger partial charge < -0.3 is 10.6 Å². The van der Waals surface area contributed by atoms with Crippen molar-refractivity contribution >= 4 is 0 Å². The molecule has 0 saturated heterocycles. The lowest BCUT2D eigenvalue weighted by atomic mass is 10.0. The van der Waals surface area contributed by atoms with Gasteiger partial charge in [-0.2, -0.15) is 0 Å². The predicted molar refractivity (Wildman–Crippen MR) is 110 cm³/mol. The van der Waals surface area contributed by atoms with Crippen LogP contribution in [0.25, 0.3) is 0 Å². The topological polar surface area (TPSA) is 24.1 Å². The van der Waals surface area contributed by atoms with Gasteiger partial charge in [0.05, 0.1) is 0 Å². The van der Waals surface area contributed by atoms with Crippen molar-refractivity contribution < 1.29 is 0 Å². The van der Waals surface area contributed by atoms with Crippen LogP contribution in [0.3, 0.4) is 0 Å². The van der Waals surface area contributed by atoms with E-state index in [1.165, 1.54) is 22.3 Å². The maximum atomic E-state index is 3.62. The lowest BCUT2D eigenvalue weighted by Crippen LogP contribution is -2.20. The minimum absolute atomic E-state index is 0.316. The maximum Gasteiger partial charge on any atom is 0.0295 e. The van der Waals surface area contributed by atoms with E-state index in [0.717, 1.165) is 13.1 Å². The highest BCUT2D eigenvalue weighted by Gasteiger charge is 2.09. The predicted octanol–water partition coefficient (Wildman–Crippen LogP) is 5.39. The number of hydrogen-bond acceptors (Lipinski definition) is 2. The third kappa shape index (κ3) is 5.29. The van der Waals surface area contributed by atoms with Crippen molar-refractivity contribution in [1.29, 1.82) is 0 Å². The molecule has 0 aliphatic carbocycles. The Morgan fingerprint density at radius 3 is 1.42 bits per heavy atom. The van der Waals surface area contributed by atoms with Crippen LogP contribution in [0.5, 0.6) is 0 Å². The summed E-state index contributed by atoms with van der Waals surface area (Å²) in [6.07, 6.45) is 0. The lowest BCUT2D eigenvalue weighted by molar-refractivity contribution is 0.561. The molecule has 0 heterocycles. The summed E-state index contributed by atoms with van der Waals surface area (Å²) in [5.41, 5.74) is 5.28. The number of nitrogens with one attached hydrogen (secondary N) is 2. The summed E-state index contributed by atoms with van der Waals surface area (Å²) in [7, 11) is 0. The Hall–Kier alpha value is -2.42. The van der Waals surface area contributed by atoms with Gasteiger partial charge in [-0.25, -0.2) is 0 Å². The van der Waals surface area contributed by atoms with Crippen molar-refractivity contribution in [3.63, 3.8) is 0 Å². The Bertz CT molecular complexity index is 719. The van der Waals surface area contributed by atoms with E-state index in [4.69, 9.17) is 0 Å². The first-order valence-corrected chi connectivity index (χ1v) is 9.37. The molecule has 2 nitrogen and oxygen atoms in total. The van der Waals surface area contributed by atoms with E-state index in [0.29, 0.717) is 12.1 Å². The quantitative estimate of drug-likeness (QED) is 0.572. The molecule has 2 heteroatoms. The van der Waals surface area contributed by atoms with E-state index in [1.54, 1.807) is 0 Å². The Labute approximate surface area is 157 Å². The van der Waals surface area contributed by atoms with Gasteiger partial charge in [0.1, 0.15) is 0 Å². The van der Waals surface area contributed by atoms with Crippen LogP contribution in [-0.2, 0) is 13.1 Å². The second-order valence-electron chi connectivity index (χ2n) is 6.85. The minimum Gasteiger partial charge on any atom is -0.306 e. The lowest BCUT2D eigenvalue weighted by Gasteiger charge is -2.19. The highest BCUT2D eigenvalue weighted by atomic mass is 14.9. The summed E-state index contributed by atoms with van der Waals surface area (Å²) in [6.45, 7) is 6.22. The van der Waals surface area contributed by atoms with Gasteiger partial charge in [-0.1, -0.05) is 84.9 Å². The molecule has 0 aromatic heterocycles. The van der Waals surface area contributed by atoms with E-state index in [2.05, 4.69) is 109 Å². The second-order valence-corrected chi connectivity index (χ2v) is 6.85. The first-order chi connectivity index (χ1) is 12.7. The first kappa shape index (κ1) is 18.4. The third-order valence-corrected chi connectivity index (χ3v) is 4.82. The van der Waals surface area contributed by atoms with Crippen LogP contribution in [-0.4, -0.2) is 0 Å². The SMILES string of the molecule is CC(NCc1ccccc1)c1cccc(C(C)NCc2ccccc2)c1. The van der Waals surface area contributed by atoms with Crippen molar-refractivity contribution in [3.05, 3.63) is 107 Å². The molecule has 0 spiro atoms. The number of benzene rings is 3. The van der Waals surface area contributed by atoms with Crippen molar-refractivity contribution in [2.24, 2.45) is 0 Å². The highest BCUT2D eigenvalue weighted by Crippen LogP contribution is 2.20. The zero-order chi connectivity index (χ0) is 18.2. The normalized spacial score (nSPS) is 13.3. The van der Waals surface area contributed by atoms with Crippen LogP contribution in [0, 0.1) is 0 Å². The summed E-state index contributed by atoms with van der Waals surface area (Å²) in [5.74, 6) is 0. The van der Waals surface area contributed by atoms with Crippen LogP contribution in [0.15, 0.2) is 84.9 Å². The Morgan fingerprint density at radius 1 is 0.577 bits per heavy atom. The molecule has 0 amide bonds. The minimum atomic E-state index is 0.316. The summed E-state index contributed by atoms with van der Waals surface area (Å²) in [6, 6.07) is 30.6. The molecule has 2 unspecified atom stereocenters. The Balaban J connectivity index is 1.58. The summed E-state index contributed by atoms with van der Waals surface area (Å²) in [5, 5.41) is 7.24.